The van der Waals surface area contributed by atoms with Gasteiger partial charge in [0.25, 0.3) is 11.7 Å². The van der Waals surface area contributed by atoms with Crippen molar-refractivity contribution in [2.75, 3.05) is 7.11 Å². The Bertz CT molecular complexity index is 1160. The first kappa shape index (κ1) is 20.3. The van der Waals surface area contributed by atoms with Crippen molar-refractivity contribution in [3.8, 4) is 5.75 Å². The zero-order valence-corrected chi connectivity index (χ0v) is 17.3. The minimum absolute atomic E-state index is 0.0698. The number of methoxy groups -OCH3 is 1. The molecule has 6 heteroatoms. The highest BCUT2D eigenvalue weighted by Gasteiger charge is 2.46. The third kappa shape index (κ3) is 3.80. The van der Waals surface area contributed by atoms with E-state index in [1.165, 1.54) is 4.90 Å². The number of carbonyl (C=O) groups is 2. The second-order valence-corrected chi connectivity index (χ2v) is 7.34. The Morgan fingerprint density at radius 3 is 2.45 bits per heavy atom. The lowest BCUT2D eigenvalue weighted by Crippen LogP contribution is -2.29. The van der Waals surface area contributed by atoms with Gasteiger partial charge >= 0.3 is 0 Å². The third-order valence-corrected chi connectivity index (χ3v) is 5.40. The molecule has 4 rings (SSSR count). The maximum absolute atomic E-state index is 13.1. The summed E-state index contributed by atoms with van der Waals surface area (Å²) in [5.41, 5.74) is 2.69. The van der Waals surface area contributed by atoms with E-state index in [0.29, 0.717) is 17.0 Å². The number of nitrogens with zero attached hydrogens (tertiary/aromatic N) is 2. The summed E-state index contributed by atoms with van der Waals surface area (Å²) in [4.78, 5) is 31.8. The maximum Gasteiger partial charge on any atom is 0.296 e. The normalized spacial score (nSPS) is 17.7. The van der Waals surface area contributed by atoms with E-state index in [-0.39, 0.29) is 17.9 Å². The first-order valence-corrected chi connectivity index (χ1v) is 9.89. The molecular formula is C25H22N2O4. The fourth-order valence-electron chi connectivity index (χ4n) is 3.87. The summed E-state index contributed by atoms with van der Waals surface area (Å²) >= 11 is 0. The fourth-order valence-corrected chi connectivity index (χ4v) is 3.87. The number of ketones is 1. The number of aryl methyl sites for hydroxylation is 1. The van der Waals surface area contributed by atoms with Gasteiger partial charge in [0.15, 0.2) is 0 Å². The van der Waals surface area contributed by atoms with Crippen LogP contribution in [-0.2, 0) is 16.1 Å². The zero-order chi connectivity index (χ0) is 22.0. The van der Waals surface area contributed by atoms with Crippen molar-refractivity contribution in [2.45, 2.75) is 19.5 Å². The van der Waals surface area contributed by atoms with Crippen LogP contribution in [-0.4, -0.2) is 33.8 Å². The minimum atomic E-state index is -0.718. The summed E-state index contributed by atoms with van der Waals surface area (Å²) in [6, 6.07) is 19.1. The Morgan fingerprint density at radius 2 is 1.81 bits per heavy atom. The van der Waals surface area contributed by atoms with Crippen LogP contribution >= 0.6 is 0 Å². The molecule has 1 saturated heterocycles. The van der Waals surface area contributed by atoms with Gasteiger partial charge in [-0.25, -0.2) is 0 Å². The van der Waals surface area contributed by atoms with Gasteiger partial charge in [-0.1, -0.05) is 36.4 Å². The summed E-state index contributed by atoms with van der Waals surface area (Å²) in [6.07, 6.45) is 1.64. The molecule has 1 amide bonds. The van der Waals surface area contributed by atoms with Crippen molar-refractivity contribution >= 4 is 17.4 Å². The number of hydrogen-bond acceptors (Lipinski definition) is 5. The molecule has 6 nitrogen and oxygen atoms in total. The molecule has 2 heterocycles. The lowest BCUT2D eigenvalue weighted by atomic mass is 9.94. The molecular weight excluding hydrogens is 392 g/mol. The summed E-state index contributed by atoms with van der Waals surface area (Å²) in [5, 5.41) is 11.2. The first-order valence-electron chi connectivity index (χ1n) is 9.89. The number of aliphatic hydroxyl groups is 1. The van der Waals surface area contributed by atoms with Gasteiger partial charge in [-0.05, 0) is 48.4 Å². The van der Waals surface area contributed by atoms with Gasteiger partial charge in [0.2, 0.25) is 0 Å². The number of carbonyl (C=O) groups excluding carboxylic acids is 2. The van der Waals surface area contributed by atoms with Crippen LogP contribution in [0.15, 0.2) is 78.5 Å². The van der Waals surface area contributed by atoms with E-state index in [2.05, 4.69) is 4.98 Å². The van der Waals surface area contributed by atoms with E-state index in [0.717, 1.165) is 11.1 Å². The van der Waals surface area contributed by atoms with Crippen molar-refractivity contribution in [3.63, 3.8) is 0 Å². The molecule has 3 aromatic rings. The number of pyridine rings is 1. The molecule has 2 aromatic carbocycles. The molecule has 1 aliphatic heterocycles. The fraction of sp³-hybridized carbons (Fsp3) is 0.160. The Kier molecular flexibility index (Phi) is 5.54. The topological polar surface area (TPSA) is 79.7 Å². The van der Waals surface area contributed by atoms with Crippen LogP contribution in [0.2, 0.25) is 0 Å². The van der Waals surface area contributed by atoms with Crippen molar-refractivity contribution < 1.29 is 19.4 Å². The predicted molar refractivity (Wildman–Crippen MR) is 116 cm³/mol. The highest BCUT2D eigenvalue weighted by atomic mass is 16.5. The molecule has 0 spiro atoms. The summed E-state index contributed by atoms with van der Waals surface area (Å²) in [5.74, 6) is -0.926. The Balaban J connectivity index is 1.86. The van der Waals surface area contributed by atoms with E-state index in [9.17, 15) is 14.7 Å². The highest BCUT2D eigenvalue weighted by molar-refractivity contribution is 6.46. The molecule has 31 heavy (non-hydrogen) atoms. The third-order valence-electron chi connectivity index (χ3n) is 5.40. The Hall–Kier alpha value is -3.93. The summed E-state index contributed by atoms with van der Waals surface area (Å²) < 4.78 is 5.23. The van der Waals surface area contributed by atoms with Crippen molar-refractivity contribution in [1.82, 2.24) is 9.88 Å². The van der Waals surface area contributed by atoms with E-state index in [4.69, 9.17) is 4.74 Å². The van der Waals surface area contributed by atoms with Crippen LogP contribution in [0, 0.1) is 6.92 Å². The number of benzene rings is 2. The Morgan fingerprint density at radius 1 is 1.06 bits per heavy atom. The van der Waals surface area contributed by atoms with Gasteiger partial charge in [-0.2, -0.15) is 0 Å². The second kappa shape index (κ2) is 8.44. The van der Waals surface area contributed by atoms with Crippen molar-refractivity contribution in [2.24, 2.45) is 0 Å². The van der Waals surface area contributed by atoms with Crippen LogP contribution in [0.4, 0.5) is 0 Å². The zero-order valence-electron chi connectivity index (χ0n) is 17.3. The smallest absolute Gasteiger partial charge is 0.296 e. The number of ether oxygens (including phenoxy) is 1. The highest BCUT2D eigenvalue weighted by Crippen LogP contribution is 2.40. The quantitative estimate of drug-likeness (QED) is 0.388. The number of Topliss-reactive ketones (excluding diaryl/α,β-unsaturated/α-hetero) is 1. The SMILES string of the molecule is COc1ccc(/C(O)=C2/C(=O)C(=O)N(Cc3ccccn3)C2c2ccccc2)c(C)c1. The number of likely N-dealkylation sites (tertiary alicyclic amines) is 1. The van der Waals surface area contributed by atoms with E-state index in [1.807, 2.05) is 43.3 Å². The molecule has 1 aliphatic rings. The van der Waals surface area contributed by atoms with E-state index < -0.39 is 17.7 Å². The van der Waals surface area contributed by atoms with Gasteiger partial charge in [0.05, 0.1) is 31.0 Å². The number of aliphatic hydroxyl groups excluding tert-OH is 1. The average molecular weight is 414 g/mol. The van der Waals surface area contributed by atoms with Gasteiger partial charge in [0, 0.05) is 11.8 Å². The van der Waals surface area contributed by atoms with E-state index in [1.54, 1.807) is 43.6 Å². The second-order valence-electron chi connectivity index (χ2n) is 7.34. The van der Waals surface area contributed by atoms with Crippen LogP contribution < -0.4 is 4.74 Å². The minimum Gasteiger partial charge on any atom is -0.507 e. The number of aromatic nitrogens is 1. The molecule has 0 saturated carbocycles. The van der Waals surface area contributed by atoms with E-state index >= 15 is 0 Å². The molecule has 1 N–H and O–H groups in total. The monoisotopic (exact) mass is 414 g/mol. The van der Waals surface area contributed by atoms with Crippen LogP contribution in [0.5, 0.6) is 5.75 Å². The summed E-state index contributed by atoms with van der Waals surface area (Å²) in [6.45, 7) is 1.97. The largest absolute Gasteiger partial charge is 0.507 e. The molecule has 0 bridgehead atoms. The molecule has 1 unspecified atom stereocenters. The van der Waals surface area contributed by atoms with Crippen molar-refractivity contribution in [3.05, 3.63) is 101 Å². The molecule has 0 radical (unpaired) electrons. The molecule has 1 aromatic heterocycles. The van der Waals surface area contributed by atoms with Crippen molar-refractivity contribution in [1.29, 1.82) is 0 Å². The molecule has 1 atom stereocenters. The van der Waals surface area contributed by atoms with Gasteiger partial charge in [0.1, 0.15) is 11.5 Å². The predicted octanol–water partition coefficient (Wildman–Crippen LogP) is 4.02. The standard InChI is InChI=1S/C25H22N2O4/c1-16-14-19(31-2)11-12-20(16)23(28)21-22(17-8-4-3-5-9-17)27(25(30)24(21)29)15-18-10-6-7-13-26-18/h3-14,22,28H,15H2,1-2H3/b23-21-. The van der Waals surface area contributed by atoms with Crippen LogP contribution in [0.1, 0.15) is 28.4 Å². The number of rotatable bonds is 5. The van der Waals surface area contributed by atoms with Gasteiger partial charge in [-0.15, -0.1) is 0 Å². The Labute approximate surface area is 180 Å². The summed E-state index contributed by atoms with van der Waals surface area (Å²) in [7, 11) is 1.56. The maximum atomic E-state index is 13.1. The first-order chi connectivity index (χ1) is 15.0. The molecule has 1 fully saturated rings. The number of hydrogen-bond donors (Lipinski definition) is 1. The average Bonchev–Trinajstić information content (AvgIpc) is 3.04. The molecule has 156 valence electrons. The molecule has 0 aliphatic carbocycles. The lowest BCUT2D eigenvalue weighted by molar-refractivity contribution is -0.140. The van der Waals surface area contributed by atoms with Crippen LogP contribution in [0.25, 0.3) is 5.76 Å². The van der Waals surface area contributed by atoms with Gasteiger partial charge < -0.3 is 14.7 Å². The number of amides is 1. The van der Waals surface area contributed by atoms with Gasteiger partial charge in [-0.3, -0.25) is 14.6 Å². The lowest BCUT2D eigenvalue weighted by Gasteiger charge is -2.25. The van der Waals surface area contributed by atoms with Crippen LogP contribution in [0.3, 0.4) is 0 Å².